The SMILES string of the molecule is CCCN1C(=O)C(C)(C)COc2ccc(NS(=O)(=O)c3ccc(OCC)c(C)c3)cc21. The van der Waals surface area contributed by atoms with Crippen molar-refractivity contribution in [1.29, 1.82) is 0 Å². The molecule has 168 valence electrons. The lowest BCUT2D eigenvalue weighted by molar-refractivity contribution is -0.127. The van der Waals surface area contributed by atoms with E-state index in [9.17, 15) is 13.2 Å². The molecule has 1 heterocycles. The second-order valence-electron chi connectivity index (χ2n) is 8.28. The van der Waals surface area contributed by atoms with Gasteiger partial charge in [-0.25, -0.2) is 8.42 Å². The molecular weight excluding hydrogens is 416 g/mol. The van der Waals surface area contributed by atoms with Gasteiger partial charge in [-0.15, -0.1) is 0 Å². The summed E-state index contributed by atoms with van der Waals surface area (Å²) < 4.78 is 39.9. The summed E-state index contributed by atoms with van der Waals surface area (Å²) in [5.74, 6) is 1.17. The molecule has 0 atom stereocenters. The van der Waals surface area contributed by atoms with Crippen LogP contribution in [-0.2, 0) is 14.8 Å². The summed E-state index contributed by atoms with van der Waals surface area (Å²) in [6.07, 6.45) is 0.767. The van der Waals surface area contributed by atoms with E-state index in [0.717, 1.165) is 12.0 Å². The van der Waals surface area contributed by atoms with Crippen molar-refractivity contribution in [3.05, 3.63) is 42.0 Å². The fourth-order valence-corrected chi connectivity index (χ4v) is 4.61. The van der Waals surface area contributed by atoms with E-state index >= 15 is 0 Å². The van der Waals surface area contributed by atoms with Gasteiger partial charge in [-0.3, -0.25) is 9.52 Å². The second-order valence-corrected chi connectivity index (χ2v) is 9.96. The number of carbonyl (C=O) groups is 1. The van der Waals surface area contributed by atoms with Gasteiger partial charge in [-0.1, -0.05) is 6.92 Å². The van der Waals surface area contributed by atoms with Crippen LogP contribution in [0.2, 0.25) is 0 Å². The van der Waals surface area contributed by atoms with Crippen molar-refractivity contribution in [2.45, 2.75) is 45.9 Å². The van der Waals surface area contributed by atoms with E-state index in [1.165, 1.54) is 6.07 Å². The monoisotopic (exact) mass is 446 g/mol. The summed E-state index contributed by atoms with van der Waals surface area (Å²) in [6, 6.07) is 9.75. The van der Waals surface area contributed by atoms with E-state index in [2.05, 4.69) is 4.72 Å². The van der Waals surface area contributed by atoms with Crippen LogP contribution < -0.4 is 19.1 Å². The van der Waals surface area contributed by atoms with Crippen molar-refractivity contribution < 1.29 is 22.7 Å². The number of sulfonamides is 1. The van der Waals surface area contributed by atoms with Crippen molar-refractivity contribution in [3.63, 3.8) is 0 Å². The number of hydrogen-bond donors (Lipinski definition) is 1. The van der Waals surface area contributed by atoms with Crippen LogP contribution in [0.5, 0.6) is 11.5 Å². The number of nitrogens with zero attached hydrogens (tertiary/aromatic N) is 1. The molecule has 0 radical (unpaired) electrons. The number of carbonyl (C=O) groups excluding carboxylic acids is 1. The molecule has 0 bridgehead atoms. The predicted octanol–water partition coefficient (Wildman–Crippen LogP) is 4.36. The molecule has 0 aromatic heterocycles. The summed E-state index contributed by atoms with van der Waals surface area (Å²) in [6.45, 7) is 10.7. The van der Waals surface area contributed by atoms with E-state index in [4.69, 9.17) is 9.47 Å². The Hall–Kier alpha value is -2.74. The van der Waals surface area contributed by atoms with Gasteiger partial charge < -0.3 is 14.4 Å². The van der Waals surface area contributed by atoms with Crippen molar-refractivity contribution in [1.82, 2.24) is 0 Å². The van der Waals surface area contributed by atoms with Gasteiger partial charge >= 0.3 is 0 Å². The number of ether oxygens (including phenoxy) is 2. The van der Waals surface area contributed by atoms with Crippen LogP contribution in [0.25, 0.3) is 0 Å². The molecule has 0 fully saturated rings. The molecule has 1 amide bonds. The molecule has 2 aromatic rings. The lowest BCUT2D eigenvalue weighted by atomic mass is 9.93. The molecule has 2 aromatic carbocycles. The van der Waals surface area contributed by atoms with Gasteiger partial charge in [0.15, 0.2) is 0 Å². The normalized spacial score (nSPS) is 15.6. The Bertz CT molecular complexity index is 1080. The molecule has 0 spiro atoms. The zero-order valence-electron chi connectivity index (χ0n) is 18.7. The van der Waals surface area contributed by atoms with Gasteiger partial charge in [0.05, 0.1) is 28.3 Å². The van der Waals surface area contributed by atoms with Gasteiger partial charge in [-0.2, -0.15) is 0 Å². The number of fused-ring (bicyclic) bond motifs is 1. The van der Waals surface area contributed by atoms with Crippen molar-refractivity contribution in [3.8, 4) is 11.5 Å². The van der Waals surface area contributed by atoms with E-state index in [1.807, 2.05) is 27.7 Å². The Morgan fingerprint density at radius 2 is 1.90 bits per heavy atom. The minimum Gasteiger partial charge on any atom is -0.494 e. The van der Waals surface area contributed by atoms with Crippen LogP contribution in [0.4, 0.5) is 11.4 Å². The van der Waals surface area contributed by atoms with Gasteiger partial charge in [0, 0.05) is 6.54 Å². The molecule has 7 nitrogen and oxygen atoms in total. The third kappa shape index (κ3) is 4.79. The third-order valence-corrected chi connectivity index (χ3v) is 6.50. The Balaban J connectivity index is 1.94. The summed E-state index contributed by atoms with van der Waals surface area (Å²) in [7, 11) is -3.82. The van der Waals surface area contributed by atoms with E-state index in [0.29, 0.717) is 36.0 Å². The van der Waals surface area contributed by atoms with E-state index < -0.39 is 15.4 Å². The first-order valence-electron chi connectivity index (χ1n) is 10.4. The lowest BCUT2D eigenvalue weighted by Crippen LogP contribution is -2.42. The predicted molar refractivity (Wildman–Crippen MR) is 122 cm³/mol. The number of rotatable bonds is 7. The summed E-state index contributed by atoms with van der Waals surface area (Å²) in [4.78, 5) is 14.9. The standard InChI is InChI=1S/C23H30N2O5S/c1-6-12-25-19-14-17(8-10-21(19)30-15-23(4,5)22(25)26)24-31(27,28)18-9-11-20(29-7-2)16(3)13-18/h8-11,13-14,24H,6-7,12,15H2,1-5H3. The zero-order valence-corrected chi connectivity index (χ0v) is 19.5. The second kappa shape index (κ2) is 8.78. The molecule has 0 aliphatic carbocycles. The Labute approximate surface area is 184 Å². The maximum atomic E-state index is 13.1. The minimum absolute atomic E-state index is 0.0461. The number of anilines is 2. The Morgan fingerprint density at radius 3 is 2.55 bits per heavy atom. The van der Waals surface area contributed by atoms with Crippen LogP contribution >= 0.6 is 0 Å². The molecule has 3 rings (SSSR count). The smallest absolute Gasteiger partial charge is 0.261 e. The lowest BCUT2D eigenvalue weighted by Gasteiger charge is -2.28. The summed E-state index contributed by atoms with van der Waals surface area (Å²) in [5.41, 5.74) is 0.998. The maximum absolute atomic E-state index is 13.1. The first-order chi connectivity index (χ1) is 14.6. The first-order valence-corrected chi connectivity index (χ1v) is 11.9. The molecule has 1 aliphatic heterocycles. The molecule has 31 heavy (non-hydrogen) atoms. The number of aryl methyl sites for hydroxylation is 1. The summed E-state index contributed by atoms with van der Waals surface area (Å²) >= 11 is 0. The van der Waals surface area contributed by atoms with Crippen molar-refractivity contribution in [2.24, 2.45) is 5.41 Å². The molecule has 0 unspecified atom stereocenters. The minimum atomic E-state index is -3.82. The highest BCUT2D eigenvalue weighted by Gasteiger charge is 2.37. The van der Waals surface area contributed by atoms with Gasteiger partial charge in [-0.05, 0) is 76.1 Å². The van der Waals surface area contributed by atoms with Crippen molar-refractivity contribution in [2.75, 3.05) is 29.4 Å². The van der Waals surface area contributed by atoms with Crippen LogP contribution in [-0.4, -0.2) is 34.1 Å². The Morgan fingerprint density at radius 1 is 1.16 bits per heavy atom. The topological polar surface area (TPSA) is 84.9 Å². The van der Waals surface area contributed by atoms with Crippen LogP contribution in [0, 0.1) is 12.3 Å². The average molecular weight is 447 g/mol. The molecule has 1 N–H and O–H groups in total. The Kier molecular flexibility index (Phi) is 6.50. The van der Waals surface area contributed by atoms with Crippen molar-refractivity contribution >= 4 is 27.3 Å². The number of hydrogen-bond acceptors (Lipinski definition) is 5. The highest BCUT2D eigenvalue weighted by Crippen LogP contribution is 2.38. The first kappa shape index (κ1) is 22.9. The van der Waals surface area contributed by atoms with E-state index in [-0.39, 0.29) is 17.4 Å². The highest BCUT2D eigenvalue weighted by molar-refractivity contribution is 7.92. The van der Waals surface area contributed by atoms with Crippen LogP contribution in [0.3, 0.4) is 0 Å². The molecular formula is C23H30N2O5S. The molecule has 0 saturated carbocycles. The van der Waals surface area contributed by atoms with Gasteiger partial charge in [0.1, 0.15) is 18.1 Å². The van der Waals surface area contributed by atoms with Crippen LogP contribution in [0.1, 0.15) is 39.7 Å². The number of benzene rings is 2. The maximum Gasteiger partial charge on any atom is 0.261 e. The van der Waals surface area contributed by atoms with Gasteiger partial charge in [0.25, 0.3) is 10.0 Å². The van der Waals surface area contributed by atoms with E-state index in [1.54, 1.807) is 42.2 Å². The van der Waals surface area contributed by atoms with Gasteiger partial charge in [0.2, 0.25) is 5.91 Å². The zero-order chi connectivity index (χ0) is 22.8. The third-order valence-electron chi connectivity index (χ3n) is 5.12. The van der Waals surface area contributed by atoms with Crippen LogP contribution in [0.15, 0.2) is 41.3 Å². The fraction of sp³-hybridized carbons (Fsp3) is 0.435. The molecule has 1 aliphatic rings. The summed E-state index contributed by atoms with van der Waals surface area (Å²) in [5, 5.41) is 0. The molecule has 0 saturated heterocycles. The quantitative estimate of drug-likeness (QED) is 0.683. The fourth-order valence-electron chi connectivity index (χ4n) is 3.47. The number of nitrogens with one attached hydrogen (secondary N) is 1. The number of amides is 1. The largest absolute Gasteiger partial charge is 0.494 e. The average Bonchev–Trinajstić information content (AvgIpc) is 2.80. The molecule has 8 heteroatoms. The highest BCUT2D eigenvalue weighted by atomic mass is 32.2.